The summed E-state index contributed by atoms with van der Waals surface area (Å²) in [6, 6.07) is 8.24. The maximum atomic E-state index is 8.21. The summed E-state index contributed by atoms with van der Waals surface area (Å²) in [4.78, 5) is 0. The zero-order valence-electron chi connectivity index (χ0n) is 8.06. The second kappa shape index (κ2) is 6.96. The first kappa shape index (κ1) is 11.7. The first-order valence-corrected chi connectivity index (χ1v) is 5.24. The van der Waals surface area contributed by atoms with Crippen LogP contribution in [0.4, 0.5) is 0 Å². The van der Waals surface area contributed by atoms with Gasteiger partial charge in [-0.1, -0.05) is 31.2 Å². The smallest absolute Gasteiger partial charge is 0.429 e. The normalized spacial score (nSPS) is 11.0. The molecule has 75 valence electrons. The van der Waals surface area contributed by atoms with E-state index in [0.29, 0.717) is 14.3 Å². The number of benzene rings is 1. The van der Waals surface area contributed by atoms with Crippen molar-refractivity contribution in [2.45, 2.75) is 20.0 Å². The van der Waals surface area contributed by atoms with Crippen LogP contribution < -0.4 is 0 Å². The quantitative estimate of drug-likeness (QED) is 0.443. The summed E-state index contributed by atoms with van der Waals surface area (Å²) in [6.45, 7) is 2.63. The van der Waals surface area contributed by atoms with E-state index in [0.717, 1.165) is 12.0 Å². The molecular formula is C9H13BO3P. The summed E-state index contributed by atoms with van der Waals surface area (Å²) in [5.74, 6) is 0. The molecule has 1 radical (unpaired) electrons. The molecule has 1 atom stereocenters. The maximum Gasteiger partial charge on any atom is 0.490 e. The summed E-state index contributed by atoms with van der Waals surface area (Å²) in [5, 5.41) is 8.21. The Morgan fingerprint density at radius 2 is 1.93 bits per heavy atom. The number of aryl methyl sites for hydroxylation is 1. The Labute approximate surface area is 86.7 Å². The highest BCUT2D eigenvalue weighted by Gasteiger charge is 1.94. The third-order valence-electron chi connectivity index (χ3n) is 1.83. The van der Waals surface area contributed by atoms with Gasteiger partial charge in [-0.25, -0.2) is 0 Å². The van der Waals surface area contributed by atoms with Crippen LogP contribution in [0.1, 0.15) is 18.1 Å². The van der Waals surface area contributed by atoms with Gasteiger partial charge < -0.3 is 14.0 Å². The zero-order chi connectivity index (χ0) is 10.2. The lowest BCUT2D eigenvalue weighted by molar-refractivity contribution is 0.313. The number of rotatable bonds is 6. The molecule has 3 nitrogen and oxygen atoms in total. The summed E-state index contributed by atoms with van der Waals surface area (Å²) in [6.07, 6.45) is 1.05. The summed E-state index contributed by atoms with van der Waals surface area (Å²) >= 11 is 0. The molecule has 0 aliphatic heterocycles. The third-order valence-corrected chi connectivity index (χ3v) is 2.29. The first-order chi connectivity index (χ1) is 6.86. The standard InChI is InChI=1S/C9H13BO3P/c1-2-8-3-5-9(6-4-8)7-12-14-13-10-11/h3-6,11,14H,2,7H2,1H3. The molecule has 0 aliphatic rings. The summed E-state index contributed by atoms with van der Waals surface area (Å²) < 4.78 is 9.68. The first-order valence-electron chi connectivity index (χ1n) is 4.43. The van der Waals surface area contributed by atoms with Gasteiger partial charge >= 0.3 is 7.69 Å². The summed E-state index contributed by atoms with van der Waals surface area (Å²) in [7, 11) is 0.487. The molecule has 1 N–H and O–H groups in total. The van der Waals surface area contributed by atoms with Crippen molar-refractivity contribution in [3.05, 3.63) is 35.4 Å². The highest BCUT2D eigenvalue weighted by molar-refractivity contribution is 7.27. The Balaban J connectivity index is 2.29. The fraction of sp³-hybridized carbons (Fsp3) is 0.333. The van der Waals surface area contributed by atoms with Crippen LogP contribution in [0.3, 0.4) is 0 Å². The average molecular weight is 211 g/mol. The predicted molar refractivity (Wildman–Crippen MR) is 58.0 cm³/mol. The van der Waals surface area contributed by atoms with Crippen LogP contribution in [-0.4, -0.2) is 12.7 Å². The van der Waals surface area contributed by atoms with Crippen LogP contribution in [0.2, 0.25) is 0 Å². The van der Waals surface area contributed by atoms with Crippen LogP contribution in [0.5, 0.6) is 0 Å². The molecule has 0 aliphatic carbocycles. The molecule has 0 aromatic heterocycles. The largest absolute Gasteiger partial charge is 0.490 e. The topological polar surface area (TPSA) is 38.7 Å². The van der Waals surface area contributed by atoms with Crippen molar-refractivity contribution in [3.8, 4) is 0 Å². The molecule has 0 bridgehead atoms. The van der Waals surface area contributed by atoms with Crippen molar-refractivity contribution in [1.29, 1.82) is 0 Å². The second-order valence-electron chi connectivity index (χ2n) is 2.77. The van der Waals surface area contributed by atoms with E-state index in [1.165, 1.54) is 5.56 Å². The van der Waals surface area contributed by atoms with E-state index >= 15 is 0 Å². The Morgan fingerprint density at radius 1 is 1.29 bits per heavy atom. The third kappa shape index (κ3) is 4.20. The molecule has 0 spiro atoms. The van der Waals surface area contributed by atoms with E-state index in [9.17, 15) is 0 Å². The maximum absolute atomic E-state index is 8.21. The van der Waals surface area contributed by atoms with Gasteiger partial charge in [-0.05, 0) is 17.5 Å². The van der Waals surface area contributed by atoms with Crippen molar-refractivity contribution in [2.24, 2.45) is 0 Å². The molecule has 14 heavy (non-hydrogen) atoms. The number of hydrogen-bond donors (Lipinski definition) is 1. The summed E-state index contributed by atoms with van der Waals surface area (Å²) in [5.41, 5.74) is 2.42. The van der Waals surface area contributed by atoms with Crippen molar-refractivity contribution in [3.63, 3.8) is 0 Å². The Hall–Kier alpha value is -0.405. The van der Waals surface area contributed by atoms with E-state index in [-0.39, 0.29) is 9.03 Å². The lowest BCUT2D eigenvalue weighted by Crippen LogP contribution is -1.90. The van der Waals surface area contributed by atoms with Gasteiger partial charge in [-0.3, -0.25) is 0 Å². The van der Waals surface area contributed by atoms with Gasteiger partial charge in [0, 0.05) is 0 Å². The van der Waals surface area contributed by atoms with Gasteiger partial charge in [0.25, 0.3) is 0 Å². The molecule has 0 fully saturated rings. The molecule has 0 saturated heterocycles. The fourth-order valence-electron chi connectivity index (χ4n) is 1.04. The molecule has 1 aromatic carbocycles. The predicted octanol–water partition coefficient (Wildman–Crippen LogP) is 1.82. The van der Waals surface area contributed by atoms with E-state index in [1.54, 1.807) is 0 Å². The average Bonchev–Trinajstić information content (AvgIpc) is 2.25. The minimum absolute atomic E-state index is 0.150. The highest BCUT2D eigenvalue weighted by Crippen LogP contribution is 2.16. The van der Waals surface area contributed by atoms with E-state index < -0.39 is 0 Å². The Kier molecular flexibility index (Phi) is 5.80. The van der Waals surface area contributed by atoms with Crippen molar-refractivity contribution in [1.82, 2.24) is 0 Å². The van der Waals surface area contributed by atoms with Gasteiger partial charge in [0.05, 0.1) is 6.61 Å². The van der Waals surface area contributed by atoms with Crippen LogP contribution in [-0.2, 0) is 22.0 Å². The minimum atomic E-state index is -0.150. The van der Waals surface area contributed by atoms with E-state index in [2.05, 4.69) is 23.5 Å². The van der Waals surface area contributed by atoms with Crippen LogP contribution in [0.15, 0.2) is 24.3 Å². The SMILES string of the molecule is CCc1ccc(COPO[B]O)cc1. The Morgan fingerprint density at radius 3 is 2.50 bits per heavy atom. The molecule has 1 aromatic rings. The molecular weight excluding hydrogens is 198 g/mol. The van der Waals surface area contributed by atoms with Gasteiger partial charge in [0.1, 0.15) is 9.03 Å². The van der Waals surface area contributed by atoms with Gasteiger partial charge in [-0.15, -0.1) is 0 Å². The molecule has 0 amide bonds. The lowest BCUT2D eigenvalue weighted by Gasteiger charge is -2.03. The van der Waals surface area contributed by atoms with Gasteiger partial charge in [-0.2, -0.15) is 0 Å². The minimum Gasteiger partial charge on any atom is -0.429 e. The molecule has 1 rings (SSSR count). The molecule has 1 unspecified atom stereocenters. The second-order valence-corrected chi connectivity index (χ2v) is 3.46. The zero-order valence-corrected chi connectivity index (χ0v) is 9.06. The molecule has 0 saturated carbocycles. The molecule has 5 heteroatoms. The van der Waals surface area contributed by atoms with E-state index in [1.807, 2.05) is 12.1 Å². The molecule has 0 heterocycles. The highest BCUT2D eigenvalue weighted by atomic mass is 31.1. The lowest BCUT2D eigenvalue weighted by atomic mass is 10.1. The van der Waals surface area contributed by atoms with Crippen molar-refractivity contribution < 1.29 is 14.0 Å². The van der Waals surface area contributed by atoms with Gasteiger partial charge in [0.2, 0.25) is 0 Å². The van der Waals surface area contributed by atoms with Crippen molar-refractivity contribution >= 4 is 16.7 Å². The fourth-order valence-corrected chi connectivity index (χ4v) is 1.38. The number of hydrogen-bond acceptors (Lipinski definition) is 3. The van der Waals surface area contributed by atoms with Gasteiger partial charge in [0.15, 0.2) is 0 Å². The van der Waals surface area contributed by atoms with Crippen molar-refractivity contribution in [2.75, 3.05) is 0 Å². The van der Waals surface area contributed by atoms with E-state index in [4.69, 9.17) is 9.55 Å². The van der Waals surface area contributed by atoms with Crippen LogP contribution in [0, 0.1) is 0 Å². The van der Waals surface area contributed by atoms with Crippen LogP contribution >= 0.6 is 9.03 Å². The Bertz CT molecular complexity index is 253. The monoisotopic (exact) mass is 211 g/mol. The van der Waals surface area contributed by atoms with Crippen LogP contribution in [0.25, 0.3) is 0 Å².